The Morgan fingerprint density at radius 2 is 1.59 bits per heavy atom. The van der Waals surface area contributed by atoms with E-state index in [1.807, 2.05) is 7.05 Å². The van der Waals surface area contributed by atoms with E-state index in [1.54, 1.807) is 0 Å². The Kier molecular flexibility index (Phi) is 3.94. The fourth-order valence-electron chi connectivity index (χ4n) is 2.13. The molecule has 88 valence electrons. The molecular weight excluding hydrogens is 206 g/mol. The average molecular weight is 225 g/mol. The molecule has 2 rings (SSSR count). The van der Waals surface area contributed by atoms with Gasteiger partial charge in [-0.2, -0.15) is 0 Å². The number of likely N-dealkylation sites (N-methyl/N-ethyl adjacent to an activating group) is 1. The van der Waals surface area contributed by atoms with E-state index in [0.29, 0.717) is 6.04 Å². The Morgan fingerprint density at radius 3 is 2.24 bits per heavy atom. The summed E-state index contributed by atoms with van der Waals surface area (Å²) in [6, 6.07) is 19.6. The minimum absolute atomic E-state index is 0.386. The van der Waals surface area contributed by atoms with Crippen LogP contribution in [0.2, 0.25) is 0 Å². The Bertz CT molecular complexity index is 462. The van der Waals surface area contributed by atoms with E-state index >= 15 is 0 Å². The Morgan fingerprint density at radius 1 is 0.941 bits per heavy atom. The van der Waals surface area contributed by atoms with Crippen LogP contribution in [0.1, 0.15) is 22.7 Å². The molecule has 2 aromatic rings. The highest BCUT2D eigenvalue weighted by atomic mass is 14.9. The second kappa shape index (κ2) is 5.65. The molecule has 0 spiro atoms. The smallest absolute Gasteiger partial charge is 0.0358 e. The van der Waals surface area contributed by atoms with Crippen molar-refractivity contribution in [1.29, 1.82) is 0 Å². The van der Waals surface area contributed by atoms with E-state index in [1.165, 1.54) is 16.7 Å². The van der Waals surface area contributed by atoms with Gasteiger partial charge in [-0.15, -0.1) is 0 Å². The summed E-state index contributed by atoms with van der Waals surface area (Å²) in [5.41, 5.74) is 4.12. The molecule has 0 bridgehead atoms. The van der Waals surface area contributed by atoms with Crippen LogP contribution in [0.4, 0.5) is 0 Å². The highest BCUT2D eigenvalue weighted by Gasteiger charge is 2.10. The Balaban J connectivity index is 2.19. The highest BCUT2D eigenvalue weighted by molar-refractivity contribution is 5.29. The Labute approximate surface area is 103 Å². The van der Waals surface area contributed by atoms with Crippen molar-refractivity contribution in [2.45, 2.75) is 19.4 Å². The molecule has 2 aromatic carbocycles. The molecule has 0 fully saturated rings. The van der Waals surface area contributed by atoms with Gasteiger partial charge in [0.25, 0.3) is 0 Å². The summed E-state index contributed by atoms with van der Waals surface area (Å²) >= 11 is 0. The maximum atomic E-state index is 3.39. The summed E-state index contributed by atoms with van der Waals surface area (Å²) < 4.78 is 0. The molecule has 0 amide bonds. The molecule has 0 heterocycles. The number of benzene rings is 2. The summed E-state index contributed by atoms with van der Waals surface area (Å²) in [6.07, 6.45) is 1.03. The van der Waals surface area contributed by atoms with Crippen molar-refractivity contribution in [3.05, 3.63) is 71.3 Å². The van der Waals surface area contributed by atoms with Gasteiger partial charge in [0.2, 0.25) is 0 Å². The minimum Gasteiger partial charge on any atom is -0.313 e. The normalized spacial score (nSPS) is 12.4. The maximum absolute atomic E-state index is 3.39. The van der Waals surface area contributed by atoms with Crippen molar-refractivity contribution in [2.24, 2.45) is 0 Å². The number of hydrogen-bond donors (Lipinski definition) is 1. The molecule has 0 aliphatic rings. The van der Waals surface area contributed by atoms with Crippen molar-refractivity contribution >= 4 is 0 Å². The summed E-state index contributed by atoms with van der Waals surface area (Å²) in [6.45, 7) is 2.17. The first-order chi connectivity index (χ1) is 8.31. The molecule has 1 atom stereocenters. The standard InChI is InChI=1S/C16H19N/c1-13-8-6-7-11-15(13)12-16(17-2)14-9-4-3-5-10-14/h3-11,16-17H,12H2,1-2H3. The van der Waals surface area contributed by atoms with Gasteiger partial charge in [-0.25, -0.2) is 0 Å². The van der Waals surface area contributed by atoms with Crippen molar-refractivity contribution in [3.63, 3.8) is 0 Å². The molecule has 0 aliphatic heterocycles. The lowest BCUT2D eigenvalue weighted by molar-refractivity contribution is 0.590. The number of nitrogens with one attached hydrogen (secondary N) is 1. The molecule has 0 radical (unpaired) electrons. The van der Waals surface area contributed by atoms with Gasteiger partial charge in [0, 0.05) is 6.04 Å². The zero-order chi connectivity index (χ0) is 12.1. The van der Waals surface area contributed by atoms with Gasteiger partial charge in [-0.1, -0.05) is 54.6 Å². The second-order valence-electron chi connectivity index (χ2n) is 4.38. The number of hydrogen-bond acceptors (Lipinski definition) is 1. The largest absolute Gasteiger partial charge is 0.313 e. The zero-order valence-electron chi connectivity index (χ0n) is 10.5. The van der Waals surface area contributed by atoms with Crippen LogP contribution >= 0.6 is 0 Å². The number of aryl methyl sites for hydroxylation is 1. The third-order valence-corrected chi connectivity index (χ3v) is 3.24. The number of rotatable bonds is 4. The first kappa shape index (κ1) is 11.9. The predicted octanol–water partition coefficient (Wildman–Crippen LogP) is 3.50. The third kappa shape index (κ3) is 2.95. The summed E-state index contributed by atoms with van der Waals surface area (Å²) in [5.74, 6) is 0. The summed E-state index contributed by atoms with van der Waals surface area (Å²) in [7, 11) is 2.02. The maximum Gasteiger partial charge on any atom is 0.0358 e. The molecule has 1 unspecified atom stereocenters. The van der Waals surface area contributed by atoms with Crippen LogP contribution in [0.5, 0.6) is 0 Å². The monoisotopic (exact) mass is 225 g/mol. The molecule has 1 nitrogen and oxygen atoms in total. The molecule has 1 N–H and O–H groups in total. The van der Waals surface area contributed by atoms with E-state index in [0.717, 1.165) is 6.42 Å². The van der Waals surface area contributed by atoms with Crippen LogP contribution in [0, 0.1) is 6.92 Å². The van der Waals surface area contributed by atoms with Crippen LogP contribution in [-0.4, -0.2) is 7.05 Å². The fraction of sp³-hybridized carbons (Fsp3) is 0.250. The first-order valence-electron chi connectivity index (χ1n) is 6.08. The lowest BCUT2D eigenvalue weighted by atomic mass is 9.96. The van der Waals surface area contributed by atoms with E-state index in [2.05, 4.69) is 66.8 Å². The fourth-order valence-corrected chi connectivity index (χ4v) is 2.13. The average Bonchev–Trinajstić information content (AvgIpc) is 2.39. The molecule has 1 heteroatoms. The second-order valence-corrected chi connectivity index (χ2v) is 4.38. The van der Waals surface area contributed by atoms with Gasteiger partial charge in [0.05, 0.1) is 0 Å². The molecule has 17 heavy (non-hydrogen) atoms. The van der Waals surface area contributed by atoms with Crippen LogP contribution in [-0.2, 0) is 6.42 Å². The predicted molar refractivity (Wildman–Crippen MR) is 73.1 cm³/mol. The van der Waals surface area contributed by atoms with Gasteiger partial charge < -0.3 is 5.32 Å². The van der Waals surface area contributed by atoms with E-state index < -0.39 is 0 Å². The first-order valence-corrected chi connectivity index (χ1v) is 6.08. The van der Waals surface area contributed by atoms with Crippen LogP contribution in [0.3, 0.4) is 0 Å². The van der Waals surface area contributed by atoms with Crippen LogP contribution < -0.4 is 5.32 Å². The van der Waals surface area contributed by atoms with Crippen molar-refractivity contribution < 1.29 is 0 Å². The van der Waals surface area contributed by atoms with E-state index in [4.69, 9.17) is 0 Å². The van der Waals surface area contributed by atoms with Gasteiger partial charge in [-0.05, 0) is 37.1 Å². The van der Waals surface area contributed by atoms with Gasteiger partial charge in [0.1, 0.15) is 0 Å². The van der Waals surface area contributed by atoms with Crippen LogP contribution in [0.25, 0.3) is 0 Å². The highest BCUT2D eigenvalue weighted by Crippen LogP contribution is 2.19. The molecule has 0 aromatic heterocycles. The summed E-state index contributed by atoms with van der Waals surface area (Å²) in [4.78, 5) is 0. The van der Waals surface area contributed by atoms with Crippen molar-refractivity contribution in [2.75, 3.05) is 7.05 Å². The topological polar surface area (TPSA) is 12.0 Å². The third-order valence-electron chi connectivity index (χ3n) is 3.24. The lowest BCUT2D eigenvalue weighted by Gasteiger charge is -2.17. The molecular formula is C16H19N. The van der Waals surface area contributed by atoms with E-state index in [-0.39, 0.29) is 0 Å². The lowest BCUT2D eigenvalue weighted by Crippen LogP contribution is -2.19. The van der Waals surface area contributed by atoms with Crippen molar-refractivity contribution in [1.82, 2.24) is 5.32 Å². The van der Waals surface area contributed by atoms with Gasteiger partial charge in [0.15, 0.2) is 0 Å². The molecule has 0 saturated heterocycles. The van der Waals surface area contributed by atoms with Gasteiger partial charge >= 0.3 is 0 Å². The quantitative estimate of drug-likeness (QED) is 0.839. The summed E-state index contributed by atoms with van der Waals surface area (Å²) in [5, 5.41) is 3.39. The van der Waals surface area contributed by atoms with Crippen LogP contribution in [0.15, 0.2) is 54.6 Å². The SMILES string of the molecule is CNC(Cc1ccccc1C)c1ccccc1. The minimum atomic E-state index is 0.386. The zero-order valence-corrected chi connectivity index (χ0v) is 10.5. The Hall–Kier alpha value is -1.60. The van der Waals surface area contributed by atoms with Crippen molar-refractivity contribution in [3.8, 4) is 0 Å². The molecule has 0 saturated carbocycles. The van der Waals surface area contributed by atoms with E-state index in [9.17, 15) is 0 Å². The van der Waals surface area contributed by atoms with Gasteiger partial charge in [-0.3, -0.25) is 0 Å². The molecule has 0 aliphatic carbocycles.